The van der Waals surface area contributed by atoms with Crippen molar-refractivity contribution in [2.24, 2.45) is 0 Å². The number of hydrogen-bond donors (Lipinski definition) is 1. The van der Waals surface area contributed by atoms with Crippen molar-refractivity contribution < 1.29 is 14.1 Å². The number of ether oxygens (including phenoxy) is 1. The molecule has 0 bridgehead atoms. The van der Waals surface area contributed by atoms with Crippen LogP contribution in [-0.2, 0) is 0 Å². The topological polar surface area (TPSA) is 77.3 Å². The Morgan fingerprint density at radius 3 is 2.21 bits per heavy atom. The van der Waals surface area contributed by atoms with Crippen molar-refractivity contribution in [3.05, 3.63) is 83.9 Å². The summed E-state index contributed by atoms with van der Waals surface area (Å²) < 4.78 is 10.5. The number of amides is 1. The molecule has 0 spiro atoms. The van der Waals surface area contributed by atoms with Crippen molar-refractivity contribution in [3.63, 3.8) is 0 Å². The van der Waals surface area contributed by atoms with Crippen LogP contribution in [0.5, 0.6) is 5.75 Å². The second kappa shape index (κ2) is 7.98. The first-order valence-electron chi connectivity index (χ1n) is 9.09. The van der Waals surface area contributed by atoms with Gasteiger partial charge in [0.1, 0.15) is 5.75 Å². The molecule has 1 heterocycles. The quantitative estimate of drug-likeness (QED) is 0.525. The first-order valence-corrected chi connectivity index (χ1v) is 9.09. The van der Waals surface area contributed by atoms with Crippen LogP contribution in [0.25, 0.3) is 22.8 Å². The molecule has 6 heteroatoms. The highest BCUT2D eigenvalue weighted by Crippen LogP contribution is 2.25. The van der Waals surface area contributed by atoms with Crippen LogP contribution in [0.2, 0.25) is 0 Å². The molecule has 29 heavy (non-hydrogen) atoms. The van der Waals surface area contributed by atoms with Crippen LogP contribution in [0.4, 0.5) is 5.69 Å². The highest BCUT2D eigenvalue weighted by molar-refractivity contribution is 6.04. The summed E-state index contributed by atoms with van der Waals surface area (Å²) in [6, 6.07) is 22.1. The summed E-state index contributed by atoms with van der Waals surface area (Å²) in [5.41, 5.74) is 4.02. The third kappa shape index (κ3) is 4.16. The van der Waals surface area contributed by atoms with Gasteiger partial charge < -0.3 is 14.6 Å². The molecule has 0 fully saturated rings. The Morgan fingerprint density at radius 1 is 0.897 bits per heavy atom. The molecule has 0 aliphatic carbocycles. The van der Waals surface area contributed by atoms with E-state index in [2.05, 4.69) is 15.5 Å². The van der Waals surface area contributed by atoms with Crippen molar-refractivity contribution in [1.29, 1.82) is 0 Å². The van der Waals surface area contributed by atoms with E-state index < -0.39 is 0 Å². The van der Waals surface area contributed by atoms with Crippen LogP contribution in [-0.4, -0.2) is 23.2 Å². The van der Waals surface area contributed by atoms with E-state index in [4.69, 9.17) is 9.26 Å². The van der Waals surface area contributed by atoms with Crippen molar-refractivity contribution in [2.45, 2.75) is 6.92 Å². The van der Waals surface area contributed by atoms with Crippen LogP contribution in [0.3, 0.4) is 0 Å². The van der Waals surface area contributed by atoms with Gasteiger partial charge in [-0.2, -0.15) is 4.98 Å². The lowest BCUT2D eigenvalue weighted by Crippen LogP contribution is -2.11. The molecule has 1 aromatic heterocycles. The highest BCUT2D eigenvalue weighted by Gasteiger charge is 2.11. The van der Waals surface area contributed by atoms with E-state index in [-0.39, 0.29) is 5.91 Å². The van der Waals surface area contributed by atoms with E-state index in [1.165, 1.54) is 0 Å². The van der Waals surface area contributed by atoms with E-state index in [1.54, 1.807) is 31.4 Å². The van der Waals surface area contributed by atoms with Crippen LogP contribution in [0.15, 0.2) is 77.3 Å². The molecule has 0 aliphatic heterocycles. The van der Waals surface area contributed by atoms with E-state index in [9.17, 15) is 4.79 Å². The predicted octanol–water partition coefficient (Wildman–Crippen LogP) is 4.97. The average Bonchev–Trinajstić information content (AvgIpc) is 3.25. The van der Waals surface area contributed by atoms with Gasteiger partial charge in [-0.1, -0.05) is 22.9 Å². The minimum Gasteiger partial charge on any atom is -0.497 e. The van der Waals surface area contributed by atoms with Crippen molar-refractivity contribution in [2.75, 3.05) is 12.4 Å². The SMILES string of the molecule is COc1ccc(-c2noc(-c3ccc(NC(=O)c4ccc(C)cc4)cc3)n2)cc1. The zero-order valence-electron chi connectivity index (χ0n) is 16.0. The lowest BCUT2D eigenvalue weighted by atomic mass is 10.1. The van der Waals surface area contributed by atoms with Crippen molar-refractivity contribution in [1.82, 2.24) is 10.1 Å². The van der Waals surface area contributed by atoms with Gasteiger partial charge in [-0.15, -0.1) is 0 Å². The van der Waals surface area contributed by atoms with Crippen LogP contribution in [0, 0.1) is 6.92 Å². The summed E-state index contributed by atoms with van der Waals surface area (Å²) in [5, 5.41) is 6.92. The summed E-state index contributed by atoms with van der Waals surface area (Å²) in [7, 11) is 1.62. The van der Waals surface area contributed by atoms with Gasteiger partial charge in [0.05, 0.1) is 7.11 Å². The van der Waals surface area contributed by atoms with Crippen LogP contribution >= 0.6 is 0 Å². The Balaban J connectivity index is 1.47. The normalized spacial score (nSPS) is 10.6. The van der Waals surface area contributed by atoms with Gasteiger partial charge in [-0.3, -0.25) is 4.79 Å². The first-order chi connectivity index (χ1) is 14.1. The molecule has 0 aliphatic rings. The summed E-state index contributed by atoms with van der Waals surface area (Å²) in [4.78, 5) is 16.8. The number of benzene rings is 3. The van der Waals surface area contributed by atoms with E-state index in [0.29, 0.717) is 23.0 Å². The third-order valence-corrected chi connectivity index (χ3v) is 4.48. The number of nitrogens with zero attached hydrogens (tertiary/aromatic N) is 2. The predicted molar refractivity (Wildman–Crippen MR) is 111 cm³/mol. The molecular formula is C23H19N3O3. The fourth-order valence-electron chi connectivity index (χ4n) is 2.80. The van der Waals surface area contributed by atoms with Gasteiger partial charge in [-0.25, -0.2) is 0 Å². The Hall–Kier alpha value is -3.93. The lowest BCUT2D eigenvalue weighted by molar-refractivity contribution is 0.102. The Bertz CT molecular complexity index is 1120. The standard InChI is InChI=1S/C23H19N3O3/c1-15-3-5-17(6-4-15)22(27)24-19-11-7-18(8-12-19)23-25-21(26-29-23)16-9-13-20(28-2)14-10-16/h3-14H,1-2H3,(H,24,27). The molecule has 144 valence electrons. The molecule has 0 atom stereocenters. The minimum atomic E-state index is -0.155. The zero-order valence-corrected chi connectivity index (χ0v) is 16.0. The van der Waals surface area contributed by atoms with Gasteiger partial charge >= 0.3 is 0 Å². The molecule has 0 radical (unpaired) electrons. The number of nitrogens with one attached hydrogen (secondary N) is 1. The zero-order chi connectivity index (χ0) is 20.2. The number of rotatable bonds is 5. The van der Waals surface area contributed by atoms with E-state index in [0.717, 1.165) is 22.4 Å². The van der Waals surface area contributed by atoms with Gasteiger partial charge in [-0.05, 0) is 67.6 Å². The maximum absolute atomic E-state index is 12.3. The smallest absolute Gasteiger partial charge is 0.258 e. The molecule has 0 saturated heterocycles. The fraction of sp³-hybridized carbons (Fsp3) is 0.0870. The summed E-state index contributed by atoms with van der Waals surface area (Å²) in [6.07, 6.45) is 0. The first kappa shape index (κ1) is 18.4. The van der Waals surface area contributed by atoms with Gasteiger partial charge in [0.15, 0.2) is 0 Å². The van der Waals surface area contributed by atoms with Crippen molar-refractivity contribution in [3.8, 4) is 28.6 Å². The monoisotopic (exact) mass is 385 g/mol. The molecule has 1 N–H and O–H groups in total. The van der Waals surface area contributed by atoms with Crippen molar-refractivity contribution >= 4 is 11.6 Å². The number of methoxy groups -OCH3 is 1. The largest absolute Gasteiger partial charge is 0.497 e. The number of carbonyl (C=O) groups is 1. The molecule has 4 rings (SSSR count). The summed E-state index contributed by atoms with van der Waals surface area (Å²) >= 11 is 0. The molecule has 1 amide bonds. The average molecular weight is 385 g/mol. The summed E-state index contributed by atoms with van der Waals surface area (Å²) in [6.45, 7) is 1.98. The minimum absolute atomic E-state index is 0.155. The fourth-order valence-corrected chi connectivity index (χ4v) is 2.80. The number of carbonyl (C=O) groups excluding carboxylic acids is 1. The third-order valence-electron chi connectivity index (χ3n) is 4.48. The maximum Gasteiger partial charge on any atom is 0.258 e. The molecule has 0 unspecified atom stereocenters. The number of anilines is 1. The highest BCUT2D eigenvalue weighted by atomic mass is 16.5. The van der Waals surface area contributed by atoms with Gasteiger partial charge in [0, 0.05) is 22.4 Å². The summed E-state index contributed by atoms with van der Waals surface area (Å²) in [5.74, 6) is 1.52. The van der Waals surface area contributed by atoms with Crippen LogP contribution < -0.4 is 10.1 Å². The number of hydrogen-bond acceptors (Lipinski definition) is 5. The maximum atomic E-state index is 12.3. The molecule has 3 aromatic carbocycles. The van der Waals surface area contributed by atoms with Gasteiger partial charge in [0.25, 0.3) is 11.8 Å². The van der Waals surface area contributed by atoms with Crippen LogP contribution in [0.1, 0.15) is 15.9 Å². The lowest BCUT2D eigenvalue weighted by Gasteiger charge is -2.06. The van der Waals surface area contributed by atoms with E-state index >= 15 is 0 Å². The molecule has 6 nitrogen and oxygen atoms in total. The number of aryl methyl sites for hydroxylation is 1. The molecule has 4 aromatic rings. The Kier molecular flexibility index (Phi) is 5.07. The van der Waals surface area contributed by atoms with Gasteiger partial charge in [0.2, 0.25) is 5.82 Å². The molecule has 0 saturated carbocycles. The molecular weight excluding hydrogens is 366 g/mol. The number of aromatic nitrogens is 2. The Morgan fingerprint density at radius 2 is 1.55 bits per heavy atom. The second-order valence-electron chi connectivity index (χ2n) is 6.55. The van der Waals surface area contributed by atoms with E-state index in [1.807, 2.05) is 55.5 Å². The second-order valence-corrected chi connectivity index (χ2v) is 6.55. The Labute approximate surface area is 168 Å².